The molecule has 0 unspecified atom stereocenters. The quantitative estimate of drug-likeness (QED) is 0.850. The van der Waals surface area contributed by atoms with Gasteiger partial charge in [-0.3, -0.25) is 0 Å². The number of methoxy groups -OCH3 is 1. The maximum Gasteiger partial charge on any atom is 0.319 e. The Morgan fingerprint density at radius 3 is 2.58 bits per heavy atom. The molecule has 2 N–H and O–H groups in total. The molecule has 6 nitrogen and oxygen atoms in total. The van der Waals surface area contributed by atoms with E-state index in [-0.39, 0.29) is 11.6 Å². The van der Waals surface area contributed by atoms with E-state index in [1.54, 1.807) is 25.3 Å². The largest absolute Gasteiger partial charge is 0.495 e. The smallest absolute Gasteiger partial charge is 0.319 e. The van der Waals surface area contributed by atoms with Crippen molar-refractivity contribution in [2.24, 2.45) is 0 Å². The van der Waals surface area contributed by atoms with Crippen molar-refractivity contribution in [1.29, 1.82) is 0 Å². The molecule has 0 spiro atoms. The first kappa shape index (κ1) is 16.8. The Bertz CT molecular complexity index is 851. The maximum absolute atomic E-state index is 12.4. The highest BCUT2D eigenvalue weighted by molar-refractivity contribution is 6.32. The molecule has 0 radical (unpaired) electrons. The van der Waals surface area contributed by atoms with E-state index in [0.717, 1.165) is 29.9 Å². The van der Waals surface area contributed by atoms with Gasteiger partial charge in [0.25, 0.3) is 0 Å². The topological polar surface area (TPSA) is 68.8 Å². The molecule has 1 saturated carbocycles. The summed E-state index contributed by atoms with van der Waals surface area (Å²) in [6.45, 7) is 1.10. The molecule has 1 fully saturated rings. The van der Waals surface area contributed by atoms with Crippen LogP contribution in [0.5, 0.6) is 17.2 Å². The average Bonchev–Trinajstić information content (AvgIpc) is 3.42. The highest BCUT2D eigenvalue weighted by Crippen LogP contribution is 2.47. The lowest BCUT2D eigenvalue weighted by molar-refractivity contribution is 0.171. The fraction of sp³-hybridized carbons (Fsp3) is 0.316. The van der Waals surface area contributed by atoms with Crippen LogP contribution in [0.3, 0.4) is 0 Å². The van der Waals surface area contributed by atoms with Gasteiger partial charge in [0.1, 0.15) is 19.0 Å². The van der Waals surface area contributed by atoms with E-state index in [2.05, 4.69) is 10.6 Å². The zero-order valence-corrected chi connectivity index (χ0v) is 15.1. The third-order valence-electron chi connectivity index (χ3n) is 4.61. The summed E-state index contributed by atoms with van der Waals surface area (Å²) in [5.74, 6) is 2.03. The molecule has 7 heteroatoms. The van der Waals surface area contributed by atoms with E-state index < -0.39 is 0 Å². The molecule has 0 aromatic heterocycles. The maximum atomic E-state index is 12.4. The first-order valence-corrected chi connectivity index (χ1v) is 8.80. The van der Waals surface area contributed by atoms with Crippen molar-refractivity contribution in [2.45, 2.75) is 18.4 Å². The second-order valence-electron chi connectivity index (χ2n) is 6.37. The van der Waals surface area contributed by atoms with Gasteiger partial charge in [-0.05, 0) is 48.7 Å². The van der Waals surface area contributed by atoms with Crippen molar-refractivity contribution in [2.75, 3.05) is 25.6 Å². The van der Waals surface area contributed by atoms with Gasteiger partial charge in [-0.25, -0.2) is 4.79 Å². The molecule has 1 aliphatic heterocycles. The van der Waals surface area contributed by atoms with Gasteiger partial charge in [0.15, 0.2) is 11.5 Å². The summed E-state index contributed by atoms with van der Waals surface area (Å²) in [5.41, 5.74) is 1.26. The van der Waals surface area contributed by atoms with Gasteiger partial charge >= 0.3 is 6.03 Å². The van der Waals surface area contributed by atoms with E-state index in [4.69, 9.17) is 25.8 Å². The number of ether oxygens (including phenoxy) is 3. The minimum Gasteiger partial charge on any atom is -0.495 e. The van der Waals surface area contributed by atoms with Gasteiger partial charge in [-0.2, -0.15) is 0 Å². The van der Waals surface area contributed by atoms with Gasteiger partial charge in [-0.1, -0.05) is 17.7 Å². The van der Waals surface area contributed by atoms with Crippen LogP contribution in [0.1, 0.15) is 18.4 Å². The molecule has 1 heterocycles. The van der Waals surface area contributed by atoms with Gasteiger partial charge in [-0.15, -0.1) is 0 Å². The van der Waals surface area contributed by atoms with Crippen LogP contribution in [0, 0.1) is 0 Å². The van der Waals surface area contributed by atoms with Crippen LogP contribution in [0.2, 0.25) is 5.02 Å². The summed E-state index contributed by atoms with van der Waals surface area (Å²) in [4.78, 5) is 12.4. The number of carbonyl (C=O) groups excluding carboxylic acids is 1. The number of hydrogen-bond acceptors (Lipinski definition) is 4. The van der Waals surface area contributed by atoms with Crippen LogP contribution >= 0.6 is 11.6 Å². The Hall–Kier alpha value is -2.60. The summed E-state index contributed by atoms with van der Waals surface area (Å²) in [5, 5.41) is 6.33. The van der Waals surface area contributed by atoms with E-state index in [9.17, 15) is 4.79 Å². The highest BCUT2D eigenvalue weighted by Gasteiger charge is 2.46. The van der Waals surface area contributed by atoms with Gasteiger partial charge < -0.3 is 24.8 Å². The SMILES string of the molecule is COc1ccc(NC(=O)NC2(c3ccc4c(c3)OCCO4)CC2)cc1Cl. The minimum atomic E-state index is -0.365. The Kier molecular flexibility index (Phi) is 4.28. The molecule has 0 atom stereocenters. The number of halogens is 1. The summed E-state index contributed by atoms with van der Waals surface area (Å²) in [6.07, 6.45) is 1.76. The average molecular weight is 375 g/mol. The summed E-state index contributed by atoms with van der Waals surface area (Å²) in [6, 6.07) is 10.7. The number of benzene rings is 2. The normalized spacial score (nSPS) is 16.5. The summed E-state index contributed by atoms with van der Waals surface area (Å²) < 4.78 is 16.3. The number of rotatable bonds is 4. The number of amides is 2. The molecule has 2 aromatic carbocycles. The van der Waals surface area contributed by atoms with Gasteiger partial charge in [0.2, 0.25) is 0 Å². The van der Waals surface area contributed by atoms with Crippen molar-refractivity contribution in [3.05, 3.63) is 47.0 Å². The predicted molar refractivity (Wildman–Crippen MR) is 98.5 cm³/mol. The van der Waals surface area contributed by atoms with Crippen molar-refractivity contribution in [3.63, 3.8) is 0 Å². The second-order valence-corrected chi connectivity index (χ2v) is 6.78. The zero-order valence-electron chi connectivity index (χ0n) is 14.3. The molecule has 2 amide bonds. The van der Waals surface area contributed by atoms with Gasteiger partial charge in [0.05, 0.1) is 17.7 Å². The molecule has 1 aliphatic carbocycles. The number of urea groups is 1. The van der Waals surface area contributed by atoms with E-state index in [1.807, 2.05) is 18.2 Å². The third kappa shape index (κ3) is 3.24. The summed E-state index contributed by atoms with van der Waals surface area (Å²) >= 11 is 6.10. The molecule has 4 rings (SSSR count). The fourth-order valence-electron chi connectivity index (χ4n) is 3.08. The first-order valence-electron chi connectivity index (χ1n) is 8.42. The van der Waals surface area contributed by atoms with E-state index in [1.165, 1.54) is 0 Å². The fourth-order valence-corrected chi connectivity index (χ4v) is 3.33. The van der Waals surface area contributed by atoms with E-state index >= 15 is 0 Å². The number of nitrogens with one attached hydrogen (secondary N) is 2. The lowest BCUT2D eigenvalue weighted by atomic mass is 10.0. The second kappa shape index (κ2) is 6.61. The minimum absolute atomic E-state index is 0.279. The number of fused-ring (bicyclic) bond motifs is 1. The third-order valence-corrected chi connectivity index (χ3v) is 4.90. The van der Waals surface area contributed by atoms with Crippen molar-refractivity contribution in [1.82, 2.24) is 5.32 Å². The molecular weight excluding hydrogens is 356 g/mol. The van der Waals surface area contributed by atoms with Crippen LogP contribution in [-0.4, -0.2) is 26.4 Å². The van der Waals surface area contributed by atoms with Crippen LogP contribution in [0.15, 0.2) is 36.4 Å². The van der Waals surface area contributed by atoms with Crippen molar-refractivity contribution >= 4 is 23.3 Å². The van der Waals surface area contributed by atoms with Crippen molar-refractivity contribution in [3.8, 4) is 17.2 Å². The lowest BCUT2D eigenvalue weighted by Crippen LogP contribution is -2.38. The molecular formula is C19H19ClN2O4. The molecule has 0 saturated heterocycles. The van der Waals surface area contributed by atoms with Crippen LogP contribution in [-0.2, 0) is 5.54 Å². The Labute approximate surface area is 156 Å². The Balaban J connectivity index is 1.46. The highest BCUT2D eigenvalue weighted by atomic mass is 35.5. The lowest BCUT2D eigenvalue weighted by Gasteiger charge is -2.23. The predicted octanol–water partition coefficient (Wildman–Crippen LogP) is 3.93. The summed E-state index contributed by atoms with van der Waals surface area (Å²) in [7, 11) is 1.55. The van der Waals surface area contributed by atoms with Crippen molar-refractivity contribution < 1.29 is 19.0 Å². The number of hydrogen-bond donors (Lipinski definition) is 2. The van der Waals surface area contributed by atoms with Crippen LogP contribution in [0.25, 0.3) is 0 Å². The Morgan fingerprint density at radius 1 is 1.12 bits per heavy atom. The standard InChI is InChI=1S/C19H19ClN2O4/c1-24-15-5-3-13(11-14(15)20)21-18(23)22-19(6-7-19)12-2-4-16-17(10-12)26-9-8-25-16/h2-5,10-11H,6-9H2,1H3,(H2,21,22,23). The monoisotopic (exact) mass is 374 g/mol. The van der Waals surface area contributed by atoms with Crippen LogP contribution < -0.4 is 24.8 Å². The molecule has 0 bridgehead atoms. The molecule has 2 aromatic rings. The van der Waals surface area contributed by atoms with E-state index in [0.29, 0.717) is 29.7 Å². The first-order chi connectivity index (χ1) is 12.6. The van der Waals surface area contributed by atoms with Gasteiger partial charge in [0, 0.05) is 5.69 Å². The molecule has 136 valence electrons. The molecule has 26 heavy (non-hydrogen) atoms. The number of carbonyl (C=O) groups is 1. The number of anilines is 1. The molecule has 2 aliphatic rings. The Morgan fingerprint density at radius 2 is 1.88 bits per heavy atom. The zero-order chi connectivity index (χ0) is 18.1. The van der Waals surface area contributed by atoms with Crippen LogP contribution in [0.4, 0.5) is 10.5 Å².